The van der Waals surface area contributed by atoms with Crippen molar-refractivity contribution in [2.75, 3.05) is 14.2 Å². The van der Waals surface area contributed by atoms with E-state index in [0.717, 1.165) is 0 Å². The molecular formula is C13H17N4O4P. The van der Waals surface area contributed by atoms with E-state index in [1.807, 2.05) is 6.92 Å². The smallest absolute Gasteiger partial charge is 0.278 e. The number of non-ortho nitro benzene ring substituents is 1. The lowest BCUT2D eigenvalue weighted by atomic mass is 10.1. The SMILES string of the molecule is COc1nc2cc([N+](=O)[O-])cc(CNC(C)P)c2nc1OC. The molecule has 0 aliphatic carbocycles. The Hall–Kier alpha value is -2.05. The Bertz CT molecular complexity index is 708. The molecule has 0 bridgehead atoms. The molecule has 1 heterocycles. The Labute approximate surface area is 129 Å². The lowest BCUT2D eigenvalue weighted by Crippen LogP contribution is -2.19. The van der Waals surface area contributed by atoms with Crippen LogP contribution in [-0.2, 0) is 6.54 Å². The van der Waals surface area contributed by atoms with Crippen molar-refractivity contribution in [1.82, 2.24) is 15.3 Å². The third kappa shape index (κ3) is 3.40. The molecule has 2 atom stereocenters. The summed E-state index contributed by atoms with van der Waals surface area (Å²) >= 11 is 0. The summed E-state index contributed by atoms with van der Waals surface area (Å²) in [6, 6.07) is 2.86. The maximum Gasteiger partial charge on any atom is 0.278 e. The first kappa shape index (κ1) is 16.3. The molecule has 2 rings (SSSR count). The molecule has 9 heteroatoms. The van der Waals surface area contributed by atoms with Crippen LogP contribution < -0.4 is 14.8 Å². The highest BCUT2D eigenvalue weighted by Gasteiger charge is 2.17. The fourth-order valence-electron chi connectivity index (χ4n) is 1.96. The molecule has 0 radical (unpaired) electrons. The molecule has 0 aliphatic rings. The molecule has 1 aromatic carbocycles. The highest BCUT2D eigenvalue weighted by Crippen LogP contribution is 2.29. The molecule has 0 saturated carbocycles. The van der Waals surface area contributed by atoms with E-state index in [-0.39, 0.29) is 23.2 Å². The highest BCUT2D eigenvalue weighted by molar-refractivity contribution is 7.17. The van der Waals surface area contributed by atoms with Crippen molar-refractivity contribution in [3.63, 3.8) is 0 Å². The van der Waals surface area contributed by atoms with Gasteiger partial charge in [-0.1, -0.05) is 0 Å². The first-order valence-corrected chi connectivity index (χ1v) is 7.19. The second-order valence-electron chi connectivity index (χ2n) is 4.64. The predicted octanol–water partition coefficient (Wildman–Crippen LogP) is 1.87. The van der Waals surface area contributed by atoms with Gasteiger partial charge >= 0.3 is 0 Å². The number of rotatable bonds is 6. The average Bonchev–Trinajstić information content (AvgIpc) is 2.50. The minimum atomic E-state index is -0.453. The van der Waals surface area contributed by atoms with Gasteiger partial charge in [0.25, 0.3) is 17.4 Å². The minimum absolute atomic E-state index is 0.0396. The van der Waals surface area contributed by atoms with E-state index in [1.165, 1.54) is 26.4 Å². The third-order valence-corrected chi connectivity index (χ3v) is 3.22. The monoisotopic (exact) mass is 324 g/mol. The highest BCUT2D eigenvalue weighted by atomic mass is 31.0. The molecule has 2 unspecified atom stereocenters. The van der Waals surface area contributed by atoms with Crippen LogP contribution in [-0.4, -0.2) is 34.9 Å². The molecule has 22 heavy (non-hydrogen) atoms. The summed E-state index contributed by atoms with van der Waals surface area (Å²) in [6.45, 7) is 2.38. The van der Waals surface area contributed by atoms with Crippen LogP contribution in [0.5, 0.6) is 11.8 Å². The van der Waals surface area contributed by atoms with Crippen molar-refractivity contribution in [1.29, 1.82) is 0 Å². The first-order valence-electron chi connectivity index (χ1n) is 6.52. The van der Waals surface area contributed by atoms with E-state index in [2.05, 4.69) is 24.5 Å². The van der Waals surface area contributed by atoms with Crippen LogP contribution in [0, 0.1) is 10.1 Å². The predicted molar refractivity (Wildman–Crippen MR) is 85.3 cm³/mol. The summed E-state index contributed by atoms with van der Waals surface area (Å²) in [7, 11) is 5.51. The normalized spacial score (nSPS) is 12.2. The number of hydrogen-bond acceptors (Lipinski definition) is 7. The standard InChI is InChI=1S/C13H17N4O4P/c1-7(22)14-6-8-4-9(17(18)19)5-10-11(8)16-13(21-3)12(15-10)20-2/h4-5,7,14H,6,22H2,1-3H3. The molecule has 118 valence electrons. The Morgan fingerprint density at radius 1 is 1.32 bits per heavy atom. The fraction of sp³-hybridized carbons (Fsp3) is 0.385. The lowest BCUT2D eigenvalue weighted by Gasteiger charge is -2.12. The number of hydrogen-bond donors (Lipinski definition) is 1. The van der Waals surface area contributed by atoms with E-state index >= 15 is 0 Å². The molecule has 0 fully saturated rings. The fourth-order valence-corrected chi connectivity index (χ4v) is 2.08. The van der Waals surface area contributed by atoms with Gasteiger partial charge in [0.15, 0.2) is 0 Å². The Balaban J connectivity index is 2.64. The summed E-state index contributed by atoms with van der Waals surface area (Å²) < 4.78 is 10.2. The van der Waals surface area contributed by atoms with Gasteiger partial charge in [0.2, 0.25) is 0 Å². The molecule has 1 aromatic heterocycles. The number of aromatic nitrogens is 2. The zero-order valence-electron chi connectivity index (χ0n) is 12.5. The largest absolute Gasteiger partial charge is 0.477 e. The topological polar surface area (TPSA) is 99.4 Å². The number of nitrogens with one attached hydrogen (secondary N) is 1. The van der Waals surface area contributed by atoms with Gasteiger partial charge in [-0.05, 0) is 6.92 Å². The minimum Gasteiger partial charge on any atom is -0.477 e. The maximum atomic E-state index is 11.1. The van der Waals surface area contributed by atoms with Crippen molar-refractivity contribution in [2.24, 2.45) is 0 Å². The van der Waals surface area contributed by atoms with Crippen molar-refractivity contribution >= 4 is 26.0 Å². The summed E-state index contributed by atoms with van der Waals surface area (Å²) in [5.74, 6) is 0.584. The Morgan fingerprint density at radius 3 is 2.50 bits per heavy atom. The maximum absolute atomic E-state index is 11.1. The molecule has 2 aromatic rings. The summed E-state index contributed by atoms with van der Waals surface area (Å²) in [4.78, 5) is 19.2. The molecular weight excluding hydrogens is 307 g/mol. The number of ether oxygens (including phenoxy) is 2. The number of nitro benzene ring substituents is 1. The number of nitrogens with zero attached hydrogens (tertiary/aromatic N) is 3. The zero-order valence-corrected chi connectivity index (χ0v) is 13.6. The van der Waals surface area contributed by atoms with Gasteiger partial charge < -0.3 is 14.8 Å². The number of fused-ring (bicyclic) bond motifs is 1. The van der Waals surface area contributed by atoms with Crippen LogP contribution in [0.4, 0.5) is 5.69 Å². The van der Waals surface area contributed by atoms with Crippen LogP contribution in [0.15, 0.2) is 12.1 Å². The average molecular weight is 324 g/mol. The summed E-state index contributed by atoms with van der Waals surface area (Å²) in [5.41, 5.74) is 1.57. The quantitative estimate of drug-likeness (QED) is 0.492. The molecule has 0 amide bonds. The van der Waals surface area contributed by atoms with Gasteiger partial charge in [-0.2, -0.15) is 0 Å². The van der Waals surface area contributed by atoms with E-state index in [4.69, 9.17) is 9.47 Å². The van der Waals surface area contributed by atoms with Crippen molar-refractivity contribution in [2.45, 2.75) is 19.3 Å². The first-order chi connectivity index (χ1) is 10.5. The lowest BCUT2D eigenvalue weighted by molar-refractivity contribution is -0.384. The van der Waals surface area contributed by atoms with Crippen molar-refractivity contribution in [3.8, 4) is 11.8 Å². The third-order valence-electron chi connectivity index (χ3n) is 2.98. The van der Waals surface area contributed by atoms with Gasteiger partial charge in [-0.15, -0.1) is 9.24 Å². The van der Waals surface area contributed by atoms with Gasteiger partial charge in [0.05, 0.1) is 24.7 Å². The van der Waals surface area contributed by atoms with Gasteiger partial charge in [-0.25, -0.2) is 9.97 Å². The molecule has 0 spiro atoms. The molecule has 0 saturated heterocycles. The summed E-state index contributed by atoms with van der Waals surface area (Å²) in [6.07, 6.45) is 0. The van der Waals surface area contributed by atoms with Crippen LogP contribution in [0.3, 0.4) is 0 Å². The van der Waals surface area contributed by atoms with Gasteiger partial charge in [0, 0.05) is 30.0 Å². The second kappa shape index (κ2) is 6.81. The number of methoxy groups -OCH3 is 2. The molecule has 1 N–H and O–H groups in total. The van der Waals surface area contributed by atoms with Crippen LogP contribution in [0.1, 0.15) is 12.5 Å². The molecule has 0 aliphatic heterocycles. The van der Waals surface area contributed by atoms with Crippen LogP contribution in [0.2, 0.25) is 0 Å². The summed E-state index contributed by atoms with van der Waals surface area (Å²) in [5, 5.41) is 14.3. The van der Waals surface area contributed by atoms with E-state index < -0.39 is 4.92 Å². The Morgan fingerprint density at radius 2 is 1.95 bits per heavy atom. The van der Waals surface area contributed by atoms with Crippen LogP contribution >= 0.6 is 9.24 Å². The Kier molecular flexibility index (Phi) is 5.05. The zero-order chi connectivity index (χ0) is 16.3. The number of benzene rings is 1. The van der Waals surface area contributed by atoms with Crippen LogP contribution in [0.25, 0.3) is 11.0 Å². The molecule has 8 nitrogen and oxygen atoms in total. The van der Waals surface area contributed by atoms with E-state index in [1.54, 1.807) is 0 Å². The van der Waals surface area contributed by atoms with Crippen molar-refractivity contribution < 1.29 is 14.4 Å². The number of nitro groups is 1. The van der Waals surface area contributed by atoms with Gasteiger partial charge in [0.1, 0.15) is 5.52 Å². The second-order valence-corrected chi connectivity index (χ2v) is 5.64. The van der Waals surface area contributed by atoms with E-state index in [9.17, 15) is 10.1 Å². The van der Waals surface area contributed by atoms with E-state index in [0.29, 0.717) is 23.1 Å². The van der Waals surface area contributed by atoms with Gasteiger partial charge in [-0.3, -0.25) is 10.1 Å². The van der Waals surface area contributed by atoms with Crippen molar-refractivity contribution in [3.05, 3.63) is 27.8 Å².